The molecule has 0 bridgehead atoms. The summed E-state index contributed by atoms with van der Waals surface area (Å²) in [6.07, 6.45) is 3.91. The van der Waals surface area contributed by atoms with E-state index in [1.165, 1.54) is 17.3 Å². The second-order valence-electron chi connectivity index (χ2n) is 5.66. The van der Waals surface area contributed by atoms with Crippen LogP contribution >= 0.6 is 11.8 Å². The Morgan fingerprint density at radius 3 is 2.80 bits per heavy atom. The SMILES string of the molecule is Cc1ccc(-c2nnc(SCc3cn4ccccc4c3C#N)o2)cc1. The van der Waals surface area contributed by atoms with Crippen molar-refractivity contribution in [2.75, 3.05) is 0 Å². The molecule has 0 aliphatic carbocycles. The number of pyridine rings is 1. The summed E-state index contributed by atoms with van der Waals surface area (Å²) in [4.78, 5) is 0. The third-order valence-electron chi connectivity index (χ3n) is 3.93. The minimum Gasteiger partial charge on any atom is -0.411 e. The molecule has 0 fully saturated rings. The zero-order chi connectivity index (χ0) is 17.2. The first kappa shape index (κ1) is 15.5. The van der Waals surface area contributed by atoms with Crippen LogP contribution in [0.3, 0.4) is 0 Å². The van der Waals surface area contributed by atoms with Crippen LogP contribution < -0.4 is 0 Å². The summed E-state index contributed by atoms with van der Waals surface area (Å²) in [5.74, 6) is 1.10. The predicted octanol–water partition coefficient (Wildman–Crippen LogP) is 4.46. The number of aromatic nitrogens is 3. The predicted molar refractivity (Wildman–Crippen MR) is 96.1 cm³/mol. The number of fused-ring (bicyclic) bond motifs is 1. The van der Waals surface area contributed by atoms with Gasteiger partial charge in [-0.3, -0.25) is 0 Å². The summed E-state index contributed by atoms with van der Waals surface area (Å²) in [5.41, 5.74) is 4.63. The minimum atomic E-state index is 0.495. The van der Waals surface area contributed by atoms with E-state index in [9.17, 15) is 5.26 Å². The van der Waals surface area contributed by atoms with Crippen molar-refractivity contribution in [2.45, 2.75) is 17.9 Å². The monoisotopic (exact) mass is 346 g/mol. The molecule has 0 N–H and O–H groups in total. The van der Waals surface area contributed by atoms with E-state index in [1.807, 2.05) is 66.2 Å². The number of aryl methyl sites for hydroxylation is 1. The number of rotatable bonds is 4. The van der Waals surface area contributed by atoms with Gasteiger partial charge in [-0.2, -0.15) is 5.26 Å². The fourth-order valence-corrected chi connectivity index (χ4v) is 3.37. The summed E-state index contributed by atoms with van der Waals surface area (Å²) in [6, 6.07) is 16.1. The van der Waals surface area contributed by atoms with Gasteiger partial charge in [-0.15, -0.1) is 10.2 Å². The molecule has 0 amide bonds. The van der Waals surface area contributed by atoms with Crippen LogP contribution in [-0.4, -0.2) is 14.6 Å². The Labute approximate surface area is 148 Å². The van der Waals surface area contributed by atoms with Crippen molar-refractivity contribution in [3.05, 3.63) is 71.5 Å². The molecule has 0 aliphatic rings. The normalized spacial score (nSPS) is 10.9. The van der Waals surface area contributed by atoms with E-state index in [1.54, 1.807) is 0 Å². The smallest absolute Gasteiger partial charge is 0.277 e. The summed E-state index contributed by atoms with van der Waals surface area (Å²) >= 11 is 1.43. The topological polar surface area (TPSA) is 67.1 Å². The molecule has 122 valence electrons. The molecule has 0 saturated heterocycles. The van der Waals surface area contributed by atoms with Crippen LogP contribution in [-0.2, 0) is 5.75 Å². The average molecular weight is 346 g/mol. The molecular weight excluding hydrogens is 332 g/mol. The van der Waals surface area contributed by atoms with Crippen LogP contribution in [0, 0.1) is 18.3 Å². The summed E-state index contributed by atoms with van der Waals surface area (Å²) in [5, 5.41) is 18.2. The number of nitriles is 1. The Morgan fingerprint density at radius 1 is 1.16 bits per heavy atom. The molecule has 0 aliphatic heterocycles. The maximum atomic E-state index is 9.45. The molecule has 3 aromatic heterocycles. The van der Waals surface area contributed by atoms with Gasteiger partial charge < -0.3 is 8.82 Å². The van der Waals surface area contributed by atoms with E-state index >= 15 is 0 Å². The average Bonchev–Trinajstić information content (AvgIpc) is 3.24. The Bertz CT molecular complexity index is 1070. The van der Waals surface area contributed by atoms with Crippen LogP contribution in [0.4, 0.5) is 0 Å². The lowest BCUT2D eigenvalue weighted by atomic mass is 10.1. The second-order valence-corrected chi connectivity index (χ2v) is 6.59. The second kappa shape index (κ2) is 6.46. The van der Waals surface area contributed by atoms with Crippen LogP contribution in [0.25, 0.3) is 17.0 Å². The van der Waals surface area contributed by atoms with Crippen molar-refractivity contribution in [3.8, 4) is 17.5 Å². The van der Waals surface area contributed by atoms with Crippen LogP contribution in [0.2, 0.25) is 0 Å². The molecule has 3 heterocycles. The van der Waals surface area contributed by atoms with Gasteiger partial charge in [-0.25, -0.2) is 0 Å². The fraction of sp³-hybridized carbons (Fsp3) is 0.105. The molecule has 5 nitrogen and oxygen atoms in total. The van der Waals surface area contributed by atoms with Gasteiger partial charge in [0.05, 0.1) is 11.1 Å². The van der Waals surface area contributed by atoms with Gasteiger partial charge in [-0.1, -0.05) is 35.5 Å². The Balaban J connectivity index is 1.54. The highest BCUT2D eigenvalue weighted by atomic mass is 32.2. The van der Waals surface area contributed by atoms with Crippen molar-refractivity contribution < 1.29 is 4.42 Å². The van der Waals surface area contributed by atoms with Crippen molar-refractivity contribution >= 4 is 17.3 Å². The van der Waals surface area contributed by atoms with Crippen LogP contribution in [0.5, 0.6) is 0 Å². The number of thioether (sulfide) groups is 1. The summed E-state index contributed by atoms with van der Waals surface area (Å²) in [6.45, 7) is 2.04. The van der Waals surface area contributed by atoms with Crippen molar-refractivity contribution in [2.24, 2.45) is 0 Å². The van der Waals surface area contributed by atoms with Crippen LogP contribution in [0.15, 0.2) is 64.5 Å². The third kappa shape index (κ3) is 3.02. The number of nitrogens with zero attached hydrogens (tertiary/aromatic N) is 4. The van der Waals surface area contributed by atoms with E-state index in [0.717, 1.165) is 16.6 Å². The minimum absolute atomic E-state index is 0.495. The van der Waals surface area contributed by atoms with Gasteiger partial charge in [0.25, 0.3) is 5.22 Å². The molecular formula is C19H14N4OS. The van der Waals surface area contributed by atoms with E-state index in [2.05, 4.69) is 16.3 Å². The van der Waals surface area contributed by atoms with Gasteiger partial charge in [0.1, 0.15) is 6.07 Å². The van der Waals surface area contributed by atoms with Crippen molar-refractivity contribution in [1.82, 2.24) is 14.6 Å². The van der Waals surface area contributed by atoms with Gasteiger partial charge in [0.15, 0.2) is 0 Å². The lowest BCUT2D eigenvalue weighted by Crippen LogP contribution is -1.82. The zero-order valence-corrected chi connectivity index (χ0v) is 14.3. The fourth-order valence-electron chi connectivity index (χ4n) is 2.64. The molecule has 4 aromatic rings. The highest BCUT2D eigenvalue weighted by Gasteiger charge is 2.13. The Morgan fingerprint density at radius 2 is 2.00 bits per heavy atom. The quantitative estimate of drug-likeness (QED) is 0.510. The van der Waals surface area contributed by atoms with Gasteiger partial charge in [0, 0.05) is 23.7 Å². The molecule has 0 radical (unpaired) electrons. The highest BCUT2D eigenvalue weighted by molar-refractivity contribution is 7.98. The van der Waals surface area contributed by atoms with Crippen molar-refractivity contribution in [3.63, 3.8) is 0 Å². The van der Waals surface area contributed by atoms with Gasteiger partial charge in [-0.05, 0) is 36.8 Å². The Kier molecular flexibility index (Phi) is 4.00. The van der Waals surface area contributed by atoms with E-state index in [-0.39, 0.29) is 0 Å². The summed E-state index contributed by atoms with van der Waals surface area (Å²) in [7, 11) is 0. The molecule has 1 aromatic carbocycles. The zero-order valence-electron chi connectivity index (χ0n) is 13.5. The molecule has 0 saturated carbocycles. The lowest BCUT2D eigenvalue weighted by molar-refractivity contribution is 0.466. The van der Waals surface area contributed by atoms with Gasteiger partial charge >= 0.3 is 0 Å². The maximum Gasteiger partial charge on any atom is 0.277 e. The molecule has 6 heteroatoms. The van der Waals surface area contributed by atoms with Gasteiger partial charge in [0.2, 0.25) is 5.89 Å². The molecule has 0 spiro atoms. The molecule has 0 unspecified atom stereocenters. The highest BCUT2D eigenvalue weighted by Crippen LogP contribution is 2.28. The molecule has 0 atom stereocenters. The standard InChI is InChI=1S/C19H14N4OS/c1-13-5-7-14(8-6-13)18-21-22-19(24-18)25-12-15-11-23-9-3-2-4-17(23)16(15)10-20/h2-9,11H,12H2,1H3. The largest absolute Gasteiger partial charge is 0.411 e. The maximum absolute atomic E-state index is 9.45. The number of benzene rings is 1. The van der Waals surface area contributed by atoms with E-state index in [4.69, 9.17) is 4.42 Å². The van der Waals surface area contributed by atoms with Crippen LogP contribution in [0.1, 0.15) is 16.7 Å². The first-order valence-electron chi connectivity index (χ1n) is 7.76. The van der Waals surface area contributed by atoms with Crippen molar-refractivity contribution in [1.29, 1.82) is 5.26 Å². The first-order chi connectivity index (χ1) is 12.2. The Hall–Kier alpha value is -3.04. The molecule has 25 heavy (non-hydrogen) atoms. The number of hydrogen-bond donors (Lipinski definition) is 0. The molecule has 4 rings (SSSR count). The van der Waals surface area contributed by atoms with E-state index in [0.29, 0.717) is 22.4 Å². The third-order valence-corrected chi connectivity index (χ3v) is 4.80. The lowest BCUT2D eigenvalue weighted by Gasteiger charge is -1.96. The summed E-state index contributed by atoms with van der Waals surface area (Å²) < 4.78 is 7.69. The van der Waals surface area contributed by atoms with E-state index < -0.39 is 0 Å². The number of hydrogen-bond acceptors (Lipinski definition) is 5. The first-order valence-corrected chi connectivity index (χ1v) is 8.75.